The third-order valence-electron chi connectivity index (χ3n) is 4.54. The van der Waals surface area contributed by atoms with Crippen LogP contribution in [-0.4, -0.2) is 25.1 Å². The average molecular weight is 373 g/mol. The second-order valence-corrected chi connectivity index (χ2v) is 8.68. The summed E-state index contributed by atoms with van der Waals surface area (Å²) >= 11 is 0. The Balaban J connectivity index is 1.67. The Bertz CT molecular complexity index is 921. The van der Waals surface area contributed by atoms with E-state index in [4.69, 9.17) is 0 Å². The topological polar surface area (TPSA) is 88.2 Å². The number of hydrogen-bond donors (Lipinski definition) is 2. The van der Waals surface area contributed by atoms with Crippen LogP contribution in [0.1, 0.15) is 40.7 Å². The van der Waals surface area contributed by atoms with Gasteiger partial charge in [0.05, 0.1) is 5.75 Å². The first-order valence-electron chi connectivity index (χ1n) is 8.67. The minimum absolute atomic E-state index is 0.0818. The Hall–Kier alpha value is -2.41. The maximum absolute atomic E-state index is 12.4. The van der Waals surface area contributed by atoms with Crippen molar-refractivity contribution in [3.05, 3.63) is 53.2 Å². The molecule has 1 saturated carbocycles. The summed E-state index contributed by atoms with van der Waals surface area (Å²) in [6.45, 7) is 3.98. The lowest BCUT2D eigenvalue weighted by Crippen LogP contribution is -2.19. The van der Waals surface area contributed by atoms with Crippen molar-refractivity contribution in [1.82, 2.24) is 4.98 Å². The van der Waals surface area contributed by atoms with E-state index >= 15 is 0 Å². The molecule has 1 aliphatic carbocycles. The smallest absolute Gasteiger partial charge is 0.255 e. The summed E-state index contributed by atoms with van der Waals surface area (Å²) in [5.41, 5.74) is 3.27. The highest BCUT2D eigenvalue weighted by Crippen LogP contribution is 2.32. The molecule has 0 aliphatic heterocycles. The molecule has 1 heterocycles. The number of carbonyl (C=O) groups excluding carboxylic acids is 1. The molecule has 0 atom stereocenters. The Labute approximate surface area is 154 Å². The van der Waals surface area contributed by atoms with Gasteiger partial charge in [0.25, 0.3) is 5.91 Å². The fourth-order valence-electron chi connectivity index (χ4n) is 2.59. The van der Waals surface area contributed by atoms with Gasteiger partial charge in [-0.3, -0.25) is 9.52 Å². The standard InChI is InChI=1S/C19H23N3O3S/c1-13-3-6-17(11-14(13)2)21-19(23)16-7-9-20-18(12-16)22-26(24,25)10-8-15-4-5-15/h3,6-7,9,11-12,15H,4-5,8,10H2,1-2H3,(H,20,22)(H,21,23). The van der Waals surface area contributed by atoms with Crippen molar-refractivity contribution in [3.8, 4) is 0 Å². The first-order valence-corrected chi connectivity index (χ1v) is 10.3. The summed E-state index contributed by atoms with van der Waals surface area (Å²) in [5.74, 6) is 0.468. The molecule has 1 aliphatic rings. The Kier molecular flexibility index (Phi) is 5.27. The number of anilines is 2. The van der Waals surface area contributed by atoms with E-state index in [9.17, 15) is 13.2 Å². The third-order valence-corrected chi connectivity index (χ3v) is 5.83. The predicted octanol–water partition coefficient (Wildman–Crippen LogP) is 3.49. The van der Waals surface area contributed by atoms with E-state index in [0.717, 1.165) is 24.0 Å². The van der Waals surface area contributed by atoms with Crippen LogP contribution < -0.4 is 10.0 Å². The Morgan fingerprint density at radius 1 is 1.15 bits per heavy atom. The molecule has 3 rings (SSSR count). The molecule has 2 N–H and O–H groups in total. The minimum Gasteiger partial charge on any atom is -0.322 e. The molecule has 26 heavy (non-hydrogen) atoms. The van der Waals surface area contributed by atoms with E-state index in [1.165, 1.54) is 12.3 Å². The molecule has 0 bridgehead atoms. The molecule has 1 fully saturated rings. The number of hydrogen-bond acceptors (Lipinski definition) is 4. The highest BCUT2D eigenvalue weighted by molar-refractivity contribution is 7.92. The van der Waals surface area contributed by atoms with Crippen LogP contribution in [0, 0.1) is 19.8 Å². The predicted molar refractivity (Wildman–Crippen MR) is 103 cm³/mol. The van der Waals surface area contributed by atoms with Gasteiger partial charge in [-0.05, 0) is 61.6 Å². The molecule has 0 saturated heterocycles. The van der Waals surface area contributed by atoms with E-state index in [-0.39, 0.29) is 17.5 Å². The minimum atomic E-state index is -3.45. The van der Waals surface area contributed by atoms with Crippen LogP contribution in [-0.2, 0) is 10.0 Å². The zero-order valence-corrected chi connectivity index (χ0v) is 15.8. The van der Waals surface area contributed by atoms with Crippen LogP contribution in [0.15, 0.2) is 36.5 Å². The maximum Gasteiger partial charge on any atom is 0.255 e. The van der Waals surface area contributed by atoms with Crippen LogP contribution in [0.25, 0.3) is 0 Å². The summed E-state index contributed by atoms with van der Waals surface area (Å²) in [5, 5.41) is 2.82. The number of nitrogens with one attached hydrogen (secondary N) is 2. The molecule has 6 nitrogen and oxygen atoms in total. The van der Waals surface area contributed by atoms with E-state index in [1.807, 2.05) is 32.0 Å². The number of aryl methyl sites for hydroxylation is 2. The fourth-order valence-corrected chi connectivity index (χ4v) is 3.76. The summed E-state index contributed by atoms with van der Waals surface area (Å²) in [6.07, 6.45) is 4.32. The molecule has 0 spiro atoms. The van der Waals surface area contributed by atoms with Gasteiger partial charge in [-0.25, -0.2) is 13.4 Å². The zero-order valence-electron chi connectivity index (χ0n) is 15.0. The summed E-state index contributed by atoms with van der Waals surface area (Å²) in [7, 11) is -3.45. The van der Waals surface area contributed by atoms with Crippen LogP contribution in [0.4, 0.5) is 11.5 Å². The fraction of sp³-hybridized carbons (Fsp3) is 0.368. The van der Waals surface area contributed by atoms with Crippen molar-refractivity contribution in [2.45, 2.75) is 33.1 Å². The highest BCUT2D eigenvalue weighted by Gasteiger charge is 2.24. The number of nitrogens with zero attached hydrogens (tertiary/aromatic N) is 1. The lowest BCUT2D eigenvalue weighted by atomic mass is 10.1. The first kappa shape index (κ1) is 18.4. The normalized spacial score (nSPS) is 14.1. The summed E-state index contributed by atoms with van der Waals surface area (Å²) < 4.78 is 26.7. The largest absolute Gasteiger partial charge is 0.322 e. The Morgan fingerprint density at radius 3 is 2.62 bits per heavy atom. The lowest BCUT2D eigenvalue weighted by Gasteiger charge is -2.10. The van der Waals surface area contributed by atoms with E-state index < -0.39 is 10.0 Å². The summed E-state index contributed by atoms with van der Waals surface area (Å²) in [4.78, 5) is 16.4. The molecule has 0 radical (unpaired) electrons. The maximum atomic E-state index is 12.4. The van der Waals surface area contributed by atoms with Gasteiger partial charge < -0.3 is 5.32 Å². The van der Waals surface area contributed by atoms with Crippen molar-refractivity contribution in [2.24, 2.45) is 5.92 Å². The molecule has 1 aromatic carbocycles. The van der Waals surface area contributed by atoms with Crippen molar-refractivity contribution < 1.29 is 13.2 Å². The molecule has 2 aromatic rings. The third kappa shape index (κ3) is 5.05. The van der Waals surface area contributed by atoms with Crippen LogP contribution >= 0.6 is 0 Å². The highest BCUT2D eigenvalue weighted by atomic mass is 32.2. The molecular weight excluding hydrogens is 350 g/mol. The van der Waals surface area contributed by atoms with Gasteiger partial charge in [0.2, 0.25) is 10.0 Å². The molecule has 1 aromatic heterocycles. The lowest BCUT2D eigenvalue weighted by molar-refractivity contribution is 0.102. The number of aromatic nitrogens is 1. The van der Waals surface area contributed by atoms with Gasteiger partial charge in [0.15, 0.2) is 0 Å². The zero-order chi connectivity index (χ0) is 18.7. The number of carbonyl (C=O) groups is 1. The van der Waals surface area contributed by atoms with Gasteiger partial charge >= 0.3 is 0 Å². The molecule has 138 valence electrons. The van der Waals surface area contributed by atoms with Gasteiger partial charge in [-0.1, -0.05) is 18.9 Å². The molecule has 7 heteroatoms. The average Bonchev–Trinajstić information content (AvgIpc) is 3.41. The number of benzene rings is 1. The van der Waals surface area contributed by atoms with Crippen molar-refractivity contribution in [3.63, 3.8) is 0 Å². The van der Waals surface area contributed by atoms with Gasteiger partial charge in [-0.15, -0.1) is 0 Å². The van der Waals surface area contributed by atoms with Crippen LogP contribution in [0.2, 0.25) is 0 Å². The van der Waals surface area contributed by atoms with Crippen molar-refractivity contribution in [2.75, 3.05) is 15.8 Å². The van der Waals surface area contributed by atoms with E-state index in [0.29, 0.717) is 23.6 Å². The van der Waals surface area contributed by atoms with Crippen LogP contribution in [0.5, 0.6) is 0 Å². The monoisotopic (exact) mass is 373 g/mol. The summed E-state index contributed by atoms with van der Waals surface area (Å²) in [6, 6.07) is 8.68. The van der Waals surface area contributed by atoms with Gasteiger partial charge in [-0.2, -0.15) is 0 Å². The van der Waals surface area contributed by atoms with E-state index in [1.54, 1.807) is 6.07 Å². The molecule has 0 unspecified atom stereocenters. The van der Waals surface area contributed by atoms with E-state index in [2.05, 4.69) is 15.0 Å². The Morgan fingerprint density at radius 2 is 1.92 bits per heavy atom. The number of sulfonamides is 1. The number of pyridine rings is 1. The van der Waals surface area contributed by atoms with Crippen molar-refractivity contribution in [1.29, 1.82) is 0 Å². The number of amides is 1. The SMILES string of the molecule is Cc1ccc(NC(=O)c2ccnc(NS(=O)(=O)CCC3CC3)c2)cc1C. The quantitative estimate of drug-likeness (QED) is 0.777. The second kappa shape index (κ2) is 7.45. The van der Waals surface area contributed by atoms with Gasteiger partial charge in [0, 0.05) is 17.4 Å². The first-order chi connectivity index (χ1) is 12.3. The number of rotatable bonds is 7. The van der Waals surface area contributed by atoms with Gasteiger partial charge in [0.1, 0.15) is 5.82 Å². The van der Waals surface area contributed by atoms with Crippen molar-refractivity contribution >= 4 is 27.4 Å². The van der Waals surface area contributed by atoms with Crippen LogP contribution in [0.3, 0.4) is 0 Å². The molecular formula is C19H23N3O3S. The second-order valence-electron chi connectivity index (χ2n) is 6.84. The molecule has 1 amide bonds.